The van der Waals surface area contributed by atoms with Gasteiger partial charge in [-0.3, -0.25) is 9.59 Å². The molecule has 2 aromatic rings. The summed E-state index contributed by atoms with van der Waals surface area (Å²) >= 11 is 5.77. The van der Waals surface area contributed by atoms with Crippen LogP contribution in [0, 0.1) is 12.7 Å². The molecule has 0 unspecified atom stereocenters. The molecule has 0 bridgehead atoms. The van der Waals surface area contributed by atoms with Crippen LogP contribution in [0.25, 0.3) is 0 Å². The molecule has 1 aromatic heterocycles. The molecule has 1 heterocycles. The molecule has 1 aromatic carbocycles. The summed E-state index contributed by atoms with van der Waals surface area (Å²) in [5, 5.41) is 9.85. The number of esters is 1. The molecule has 0 saturated heterocycles. The minimum atomic E-state index is -0.840. The molecule has 7 heteroatoms. The Kier molecular flexibility index (Phi) is 5.05. The molecule has 1 N–H and O–H groups in total. The zero-order valence-corrected chi connectivity index (χ0v) is 13.2. The lowest BCUT2D eigenvalue weighted by atomic mass is 9.92. The quantitative estimate of drug-likeness (QED) is 0.865. The maximum atomic E-state index is 13.4. The molecule has 0 spiro atoms. The van der Waals surface area contributed by atoms with E-state index in [0.717, 1.165) is 12.1 Å². The summed E-state index contributed by atoms with van der Waals surface area (Å²) in [5.74, 6) is -2.48. The highest BCUT2D eigenvalue weighted by molar-refractivity contribution is 6.30. The number of hydrogen-bond acceptors (Lipinski definition) is 5. The number of carbonyl (C=O) groups excluding carboxylic acids is 1. The average Bonchev–Trinajstić information content (AvgIpc) is 2.51. The van der Waals surface area contributed by atoms with Crippen LogP contribution in [-0.2, 0) is 9.53 Å². The molecular formula is C16H14ClFO5. The van der Waals surface area contributed by atoms with Crippen LogP contribution in [0.4, 0.5) is 4.39 Å². The summed E-state index contributed by atoms with van der Waals surface area (Å²) < 4.78 is 23.4. The maximum absolute atomic E-state index is 13.4. The first-order chi connectivity index (χ1) is 10.8. The Hall–Kier alpha value is -2.34. The number of methoxy groups -OCH3 is 1. The third-order valence-electron chi connectivity index (χ3n) is 3.33. The fourth-order valence-electron chi connectivity index (χ4n) is 2.20. The monoisotopic (exact) mass is 340 g/mol. The van der Waals surface area contributed by atoms with Crippen molar-refractivity contribution in [3.63, 3.8) is 0 Å². The van der Waals surface area contributed by atoms with Crippen molar-refractivity contribution in [1.29, 1.82) is 0 Å². The first-order valence-corrected chi connectivity index (χ1v) is 7.06. The van der Waals surface area contributed by atoms with Crippen molar-refractivity contribution in [3.05, 3.63) is 62.4 Å². The number of aromatic hydroxyl groups is 1. The SMILES string of the molecule is COC(=O)C[C@@H](c1ccc(F)c(Cl)c1)c1oc(C)cc(=O)c1O. The van der Waals surface area contributed by atoms with E-state index in [2.05, 4.69) is 4.74 Å². The van der Waals surface area contributed by atoms with Crippen molar-refractivity contribution in [2.24, 2.45) is 0 Å². The summed E-state index contributed by atoms with van der Waals surface area (Å²) in [6, 6.07) is 4.97. The second-order valence-corrected chi connectivity index (χ2v) is 5.35. The molecule has 1 atom stereocenters. The van der Waals surface area contributed by atoms with Gasteiger partial charge in [-0.2, -0.15) is 0 Å². The van der Waals surface area contributed by atoms with E-state index in [0.29, 0.717) is 5.56 Å². The maximum Gasteiger partial charge on any atom is 0.306 e. The lowest BCUT2D eigenvalue weighted by Crippen LogP contribution is -2.13. The minimum Gasteiger partial charge on any atom is -0.502 e. The molecule has 0 fully saturated rings. The molecule has 0 aliphatic carbocycles. The van der Waals surface area contributed by atoms with Crippen molar-refractivity contribution < 1.29 is 23.4 Å². The Bertz CT molecular complexity index is 800. The molecular weight excluding hydrogens is 327 g/mol. The number of aryl methyl sites for hydroxylation is 1. The van der Waals surface area contributed by atoms with Gasteiger partial charge in [-0.25, -0.2) is 4.39 Å². The number of ether oxygens (including phenoxy) is 1. The predicted octanol–water partition coefficient (Wildman–Crippen LogP) is 3.14. The summed E-state index contributed by atoms with van der Waals surface area (Å²) in [7, 11) is 1.21. The highest BCUT2D eigenvalue weighted by atomic mass is 35.5. The van der Waals surface area contributed by atoms with Crippen LogP contribution < -0.4 is 5.43 Å². The van der Waals surface area contributed by atoms with Crippen LogP contribution in [0.5, 0.6) is 5.75 Å². The van der Waals surface area contributed by atoms with E-state index in [4.69, 9.17) is 16.0 Å². The van der Waals surface area contributed by atoms with E-state index in [9.17, 15) is 19.1 Å². The van der Waals surface area contributed by atoms with Gasteiger partial charge in [-0.15, -0.1) is 0 Å². The Labute approximate surface area is 136 Å². The predicted molar refractivity (Wildman–Crippen MR) is 81.3 cm³/mol. The molecule has 0 amide bonds. The number of rotatable bonds is 4. The van der Waals surface area contributed by atoms with Gasteiger partial charge < -0.3 is 14.3 Å². The average molecular weight is 341 g/mol. The van der Waals surface area contributed by atoms with Gasteiger partial charge in [-0.1, -0.05) is 17.7 Å². The molecule has 23 heavy (non-hydrogen) atoms. The van der Waals surface area contributed by atoms with E-state index < -0.39 is 28.9 Å². The first-order valence-electron chi connectivity index (χ1n) is 6.68. The second kappa shape index (κ2) is 6.83. The van der Waals surface area contributed by atoms with Gasteiger partial charge in [0.25, 0.3) is 0 Å². The summed E-state index contributed by atoms with van der Waals surface area (Å²) in [4.78, 5) is 23.4. The lowest BCUT2D eigenvalue weighted by molar-refractivity contribution is -0.140. The third-order valence-corrected chi connectivity index (χ3v) is 3.62. The van der Waals surface area contributed by atoms with E-state index in [1.165, 1.54) is 26.2 Å². The van der Waals surface area contributed by atoms with Crippen LogP contribution in [0.2, 0.25) is 5.02 Å². The van der Waals surface area contributed by atoms with Crippen LogP contribution in [0.15, 0.2) is 33.5 Å². The van der Waals surface area contributed by atoms with Crippen LogP contribution in [0.1, 0.15) is 29.4 Å². The van der Waals surface area contributed by atoms with E-state index in [-0.39, 0.29) is 23.0 Å². The second-order valence-electron chi connectivity index (χ2n) is 4.94. The topological polar surface area (TPSA) is 76.7 Å². The van der Waals surface area contributed by atoms with Crippen molar-refractivity contribution in [2.75, 3.05) is 7.11 Å². The zero-order valence-electron chi connectivity index (χ0n) is 12.4. The molecule has 122 valence electrons. The summed E-state index contributed by atoms with van der Waals surface area (Å²) in [5.41, 5.74) is -0.224. The fourth-order valence-corrected chi connectivity index (χ4v) is 2.39. The summed E-state index contributed by atoms with van der Waals surface area (Å²) in [6.45, 7) is 1.54. The van der Waals surface area contributed by atoms with E-state index in [1.54, 1.807) is 0 Å². The largest absolute Gasteiger partial charge is 0.502 e. The Morgan fingerprint density at radius 3 is 2.74 bits per heavy atom. The molecule has 0 aliphatic rings. The molecule has 0 radical (unpaired) electrons. The smallest absolute Gasteiger partial charge is 0.306 e. The number of halogens is 2. The van der Waals surface area contributed by atoms with Gasteiger partial charge in [0, 0.05) is 6.07 Å². The number of hydrogen-bond donors (Lipinski definition) is 1. The van der Waals surface area contributed by atoms with Crippen molar-refractivity contribution in [1.82, 2.24) is 0 Å². The van der Waals surface area contributed by atoms with Crippen molar-refractivity contribution in [3.8, 4) is 5.75 Å². The fraction of sp³-hybridized carbons (Fsp3) is 0.250. The zero-order chi connectivity index (χ0) is 17.1. The third kappa shape index (κ3) is 3.71. The van der Waals surface area contributed by atoms with Crippen LogP contribution >= 0.6 is 11.6 Å². The van der Waals surface area contributed by atoms with Gasteiger partial charge in [0.2, 0.25) is 11.2 Å². The molecule has 2 rings (SSSR count). The van der Waals surface area contributed by atoms with Crippen molar-refractivity contribution >= 4 is 17.6 Å². The highest BCUT2D eigenvalue weighted by Gasteiger charge is 2.26. The minimum absolute atomic E-state index is 0.0944. The Morgan fingerprint density at radius 2 is 2.13 bits per heavy atom. The van der Waals surface area contributed by atoms with Gasteiger partial charge in [0.15, 0.2) is 5.76 Å². The van der Waals surface area contributed by atoms with Gasteiger partial charge in [0.1, 0.15) is 11.6 Å². The molecule has 0 aliphatic heterocycles. The number of benzene rings is 1. The lowest BCUT2D eigenvalue weighted by Gasteiger charge is -2.17. The van der Waals surface area contributed by atoms with Crippen LogP contribution in [0.3, 0.4) is 0 Å². The standard InChI is InChI=1S/C16H14ClFO5/c1-8-5-13(19)15(21)16(23-8)10(7-14(20)22-2)9-3-4-12(18)11(17)6-9/h3-6,10,21H,7H2,1-2H3/t10-/m0/s1. The van der Waals surface area contributed by atoms with Gasteiger partial charge in [0.05, 0.1) is 24.5 Å². The summed E-state index contributed by atoms with van der Waals surface area (Å²) in [6.07, 6.45) is -0.210. The van der Waals surface area contributed by atoms with Gasteiger partial charge in [-0.05, 0) is 24.6 Å². The normalized spacial score (nSPS) is 12.0. The van der Waals surface area contributed by atoms with Gasteiger partial charge >= 0.3 is 5.97 Å². The van der Waals surface area contributed by atoms with E-state index in [1.807, 2.05) is 0 Å². The highest BCUT2D eigenvalue weighted by Crippen LogP contribution is 2.34. The Balaban J connectivity index is 2.61. The molecule has 5 nitrogen and oxygen atoms in total. The number of carbonyl (C=O) groups is 1. The first kappa shape index (κ1) is 17.0. The van der Waals surface area contributed by atoms with Crippen molar-refractivity contribution in [2.45, 2.75) is 19.3 Å². The Morgan fingerprint density at radius 1 is 1.43 bits per heavy atom. The van der Waals surface area contributed by atoms with Crippen LogP contribution in [-0.4, -0.2) is 18.2 Å². The molecule has 0 saturated carbocycles. The van der Waals surface area contributed by atoms with E-state index >= 15 is 0 Å².